The normalized spacial score (nSPS) is 17.9. The molecule has 0 spiro atoms. The van der Waals surface area contributed by atoms with E-state index in [0.717, 1.165) is 118 Å². The number of nitrogens with zero attached hydrogens (tertiary/aromatic N) is 5. The van der Waals surface area contributed by atoms with Gasteiger partial charge >= 0.3 is 0 Å². The molecule has 0 bridgehead atoms. The van der Waals surface area contributed by atoms with E-state index in [1.54, 1.807) is 16.0 Å². The number of aromatic hydroxyl groups is 1. The Bertz CT molecular complexity index is 3160. The Morgan fingerprint density at radius 2 is 1.64 bits per heavy atom. The van der Waals surface area contributed by atoms with Gasteiger partial charge in [0.25, 0.3) is 0 Å². The number of ketones is 2. The van der Waals surface area contributed by atoms with E-state index in [1.165, 1.54) is 10.5 Å². The fraction of sp³-hybridized carbons (Fsp3) is 0.484. The fourth-order valence-corrected chi connectivity index (χ4v) is 12.2. The summed E-state index contributed by atoms with van der Waals surface area (Å²) in [6, 6.07) is 25.5. The minimum Gasteiger partial charge on any atom is -0.507 e. The number of amides is 1. The van der Waals surface area contributed by atoms with Crippen LogP contribution in [0.1, 0.15) is 106 Å². The lowest BCUT2D eigenvalue weighted by Crippen LogP contribution is -2.47. The number of hydrogen-bond acceptors (Lipinski definition) is 12. The summed E-state index contributed by atoms with van der Waals surface area (Å²) in [6.07, 6.45) is 4.28. The van der Waals surface area contributed by atoms with E-state index >= 15 is 0 Å². The molecule has 4 heterocycles. The van der Waals surface area contributed by atoms with Crippen molar-refractivity contribution < 1.29 is 43.2 Å². The highest BCUT2D eigenvalue weighted by atomic mass is 35.5. The number of benzene rings is 4. The second kappa shape index (κ2) is 25.4. The van der Waals surface area contributed by atoms with Crippen LogP contribution in [0.4, 0.5) is 4.39 Å². The zero-order chi connectivity index (χ0) is 56.9. The van der Waals surface area contributed by atoms with E-state index in [-0.39, 0.29) is 62.2 Å². The molecule has 13 nitrogen and oxygen atoms in total. The lowest BCUT2D eigenvalue weighted by Gasteiger charge is -2.35. The molecule has 3 atom stereocenters. The van der Waals surface area contributed by atoms with E-state index in [0.29, 0.717) is 37.0 Å². The van der Waals surface area contributed by atoms with Gasteiger partial charge in [0.15, 0.2) is 17.2 Å². The van der Waals surface area contributed by atoms with E-state index in [1.807, 2.05) is 103 Å². The Kier molecular flexibility index (Phi) is 18.7. The first-order chi connectivity index (χ1) is 38.2. The van der Waals surface area contributed by atoms with Gasteiger partial charge < -0.3 is 34.2 Å². The van der Waals surface area contributed by atoms with Gasteiger partial charge in [-0.2, -0.15) is 5.10 Å². The summed E-state index contributed by atoms with van der Waals surface area (Å²) in [5.74, 6) is -0.192. The standard InChI is InChI=1S/C64H77ClFN5O8S/c1-40-33-46(16-21-53(40)65)59-45(15-20-51(60(59)75)54-34-41(2)68-69(54)7)12-9-43-10-18-49(19-11-43)79-50-23-28-70(29-24-50)27-8-30-77-31-32-78-57-35-47(61-42(3)67-39-80-61)14-13-44(57)17-22-56(73)55-36-48(72)38-71(55)62(76)52(63(4,5)6)37-58(74)64(66)25-26-64/h10-11,13-16,18-21,33-35,39,48,50,52,55,72,75H,8-9,12,17,22-32,36-38H2,1-7H3/t48-,52-,55+/m1/s1. The lowest BCUT2D eigenvalue weighted by molar-refractivity contribution is -0.146. The predicted molar refractivity (Wildman–Crippen MR) is 312 cm³/mol. The molecule has 1 amide bonds. The van der Waals surface area contributed by atoms with Crippen LogP contribution in [0.2, 0.25) is 5.02 Å². The summed E-state index contributed by atoms with van der Waals surface area (Å²) in [6.45, 7) is 15.6. The number of ether oxygens (including phenoxy) is 3. The first-order valence-electron chi connectivity index (χ1n) is 28.3. The number of β-amino-alcohol motifs (C(OH)–C–C–N with tert-alkyl or cyclic N) is 1. The topological polar surface area (TPSA) is 157 Å². The van der Waals surface area contributed by atoms with Gasteiger partial charge in [-0.25, -0.2) is 9.37 Å². The van der Waals surface area contributed by atoms with Crippen molar-refractivity contribution in [1.29, 1.82) is 0 Å². The molecule has 0 radical (unpaired) electrons. The van der Waals surface area contributed by atoms with Crippen LogP contribution in [-0.4, -0.2) is 122 Å². The summed E-state index contributed by atoms with van der Waals surface area (Å²) in [7, 11) is 1.89. The van der Waals surface area contributed by atoms with Crippen molar-refractivity contribution in [2.45, 2.75) is 136 Å². The number of thiazole rings is 1. The number of aliphatic hydroxyl groups excluding tert-OH is 1. The smallest absolute Gasteiger partial charge is 0.227 e. The highest BCUT2D eigenvalue weighted by molar-refractivity contribution is 7.13. The molecule has 2 aliphatic heterocycles. The van der Waals surface area contributed by atoms with Gasteiger partial charge in [0.2, 0.25) is 5.91 Å². The van der Waals surface area contributed by atoms with Crippen LogP contribution in [0.15, 0.2) is 84.4 Å². The molecular formula is C64H77ClFN5O8S. The van der Waals surface area contributed by atoms with Crippen LogP contribution in [-0.2, 0) is 45.4 Å². The number of phenolic OH excluding ortho intramolecular Hbond substituents is 1. The van der Waals surface area contributed by atoms with E-state index in [2.05, 4.69) is 45.3 Å². The van der Waals surface area contributed by atoms with Crippen LogP contribution in [0, 0.1) is 32.1 Å². The SMILES string of the molecule is Cc1cc(-c2ccc(CCc3ccc(OC4CCN(CCCOCCOc5cc(-c6scnc6C)ccc5CCC(=O)[C@@H]5C[C@@H](O)CN5C(=O)[C@@H](CC(=O)C5(F)CC5)C(C)(C)C)CC4)cc3)c(-c3ccc(Cl)c(C)c3)c2O)n(C)n1. The van der Waals surface area contributed by atoms with E-state index < -0.39 is 34.9 Å². The van der Waals surface area contributed by atoms with Crippen LogP contribution in [0.25, 0.3) is 32.8 Å². The molecule has 9 rings (SSSR count). The van der Waals surface area contributed by atoms with Gasteiger partial charge in [-0.3, -0.25) is 19.1 Å². The Morgan fingerprint density at radius 3 is 2.31 bits per heavy atom. The highest BCUT2D eigenvalue weighted by Gasteiger charge is 2.53. The minimum atomic E-state index is -1.85. The summed E-state index contributed by atoms with van der Waals surface area (Å²) in [5.41, 5.74) is 9.44. The van der Waals surface area contributed by atoms with Gasteiger partial charge in [-0.15, -0.1) is 11.3 Å². The quantitative estimate of drug-likeness (QED) is 0.0556. The molecule has 3 aliphatic rings. The van der Waals surface area contributed by atoms with Crippen LogP contribution in [0.5, 0.6) is 17.2 Å². The zero-order valence-corrected chi connectivity index (χ0v) is 48.9. The number of phenols is 1. The summed E-state index contributed by atoms with van der Waals surface area (Å²) >= 11 is 7.97. The van der Waals surface area contributed by atoms with Crippen molar-refractivity contribution >= 4 is 40.4 Å². The molecule has 6 aromatic rings. The summed E-state index contributed by atoms with van der Waals surface area (Å²) in [4.78, 5) is 50.2. The average molecular weight is 1130 g/mol. The molecule has 3 fully saturated rings. The number of halogens is 2. The predicted octanol–water partition coefficient (Wildman–Crippen LogP) is 11.9. The largest absolute Gasteiger partial charge is 0.507 e. The van der Waals surface area contributed by atoms with Gasteiger partial charge in [0.05, 0.1) is 46.2 Å². The maximum atomic E-state index is 14.8. The fourth-order valence-electron chi connectivity index (χ4n) is 11.3. The molecule has 0 unspecified atom stereocenters. The van der Waals surface area contributed by atoms with Gasteiger partial charge in [-0.05, 0) is 153 Å². The Hall–Kier alpha value is -5.97. The monoisotopic (exact) mass is 1130 g/mol. The third-order valence-electron chi connectivity index (χ3n) is 16.3. The molecule has 2 aromatic heterocycles. The third-order valence-corrected chi connectivity index (χ3v) is 17.7. The van der Waals surface area contributed by atoms with E-state index in [9.17, 15) is 29.0 Å². The molecule has 2 saturated heterocycles. The number of aromatic nitrogens is 3. The molecule has 2 N–H and O–H groups in total. The molecule has 80 heavy (non-hydrogen) atoms. The van der Waals surface area contributed by atoms with Crippen molar-refractivity contribution in [3.63, 3.8) is 0 Å². The molecular weight excluding hydrogens is 1050 g/mol. The summed E-state index contributed by atoms with van der Waals surface area (Å²) < 4.78 is 35.5. The third kappa shape index (κ3) is 14.2. The van der Waals surface area contributed by atoms with E-state index in [4.69, 9.17) is 25.8 Å². The van der Waals surface area contributed by atoms with Gasteiger partial charge in [0.1, 0.15) is 30.0 Å². The van der Waals surface area contributed by atoms with Gasteiger partial charge in [0, 0.05) is 81.2 Å². The number of piperidine rings is 1. The molecule has 16 heteroatoms. The van der Waals surface area contributed by atoms with Crippen molar-refractivity contribution in [2.24, 2.45) is 18.4 Å². The molecule has 4 aromatic carbocycles. The number of rotatable bonds is 24. The van der Waals surface area contributed by atoms with Crippen molar-refractivity contribution in [3.05, 3.63) is 123 Å². The van der Waals surface area contributed by atoms with Crippen molar-refractivity contribution in [3.8, 4) is 50.1 Å². The van der Waals surface area contributed by atoms with Gasteiger partial charge in [-0.1, -0.05) is 68.8 Å². The zero-order valence-electron chi connectivity index (χ0n) is 47.4. The van der Waals surface area contributed by atoms with Crippen LogP contribution < -0.4 is 9.47 Å². The second-order valence-electron chi connectivity index (χ2n) is 23.3. The summed E-state index contributed by atoms with van der Waals surface area (Å²) in [5, 5.41) is 27.7. The maximum Gasteiger partial charge on any atom is 0.227 e. The van der Waals surface area contributed by atoms with Crippen LogP contribution >= 0.6 is 22.9 Å². The first-order valence-corrected chi connectivity index (χ1v) is 29.6. The Morgan fingerprint density at radius 1 is 0.900 bits per heavy atom. The molecule has 1 aliphatic carbocycles. The lowest BCUT2D eigenvalue weighted by atomic mass is 9.76. The van der Waals surface area contributed by atoms with Crippen LogP contribution in [0.3, 0.4) is 0 Å². The Labute approximate surface area is 479 Å². The molecule has 1 saturated carbocycles. The van der Waals surface area contributed by atoms with Crippen molar-refractivity contribution in [1.82, 2.24) is 24.6 Å². The number of Topliss-reactive ketones (excluding diaryl/α,β-unsaturated/α-hetero) is 2. The number of carbonyl (C=O) groups excluding carboxylic acids is 3. The number of likely N-dealkylation sites (tertiary alicyclic amines) is 2. The average Bonchev–Trinajstić information content (AvgIpc) is 3.73. The second-order valence-corrected chi connectivity index (χ2v) is 24.6. The van der Waals surface area contributed by atoms with Crippen molar-refractivity contribution in [2.75, 3.05) is 46.0 Å². The minimum absolute atomic E-state index is 0.00493. The number of alkyl halides is 1. The molecule has 426 valence electrons. The number of hydrogen-bond donors (Lipinski definition) is 2. The number of aliphatic hydroxyl groups is 1. The first kappa shape index (κ1) is 58.7. The number of aryl methyl sites for hydroxylation is 7. The Balaban J connectivity index is 0.715. The highest BCUT2D eigenvalue weighted by Crippen LogP contribution is 2.45. The maximum absolute atomic E-state index is 14.8. The number of carbonyl (C=O) groups is 3.